The molecule has 0 bridgehead atoms. The molecule has 8 nitrogen and oxygen atoms in total. The number of ether oxygens (including phenoxy) is 2. The third-order valence-electron chi connectivity index (χ3n) is 5.19. The van der Waals surface area contributed by atoms with E-state index in [0.29, 0.717) is 42.4 Å². The summed E-state index contributed by atoms with van der Waals surface area (Å²) in [5, 5.41) is 8.58. The Balaban J connectivity index is 1.73. The molecule has 2 aromatic carbocycles. The molecule has 32 heavy (non-hydrogen) atoms. The van der Waals surface area contributed by atoms with Gasteiger partial charge < -0.3 is 30.3 Å². The number of rotatable bonds is 10. The lowest BCUT2D eigenvalue weighted by Crippen LogP contribution is -2.29. The van der Waals surface area contributed by atoms with Crippen molar-refractivity contribution in [3.63, 3.8) is 0 Å². The highest BCUT2D eigenvalue weighted by molar-refractivity contribution is 6.04. The molecule has 0 spiro atoms. The molecular formula is C24H32N4O4. The smallest absolute Gasteiger partial charge is 0.323 e. The van der Waals surface area contributed by atoms with Crippen LogP contribution in [-0.2, 0) is 4.74 Å². The average molecular weight is 441 g/mol. The Labute approximate surface area is 189 Å². The minimum atomic E-state index is -0.405. The molecule has 1 aliphatic heterocycles. The lowest BCUT2D eigenvalue weighted by molar-refractivity contribution is 0.0949. The summed E-state index contributed by atoms with van der Waals surface area (Å²) < 4.78 is 10.6. The zero-order chi connectivity index (χ0) is 22.8. The summed E-state index contributed by atoms with van der Waals surface area (Å²) in [6.07, 6.45) is 2.95. The van der Waals surface area contributed by atoms with Gasteiger partial charge in [0.15, 0.2) is 0 Å². The van der Waals surface area contributed by atoms with Crippen LogP contribution in [0.3, 0.4) is 0 Å². The fraction of sp³-hybridized carbons (Fsp3) is 0.417. The third kappa shape index (κ3) is 6.37. The summed E-state index contributed by atoms with van der Waals surface area (Å²) in [7, 11) is 1.64. The minimum absolute atomic E-state index is 0.159. The third-order valence-corrected chi connectivity index (χ3v) is 5.19. The van der Waals surface area contributed by atoms with Gasteiger partial charge in [0, 0.05) is 44.7 Å². The molecule has 1 aliphatic rings. The number of methoxy groups -OCH3 is 1. The largest absolute Gasteiger partial charge is 0.492 e. The summed E-state index contributed by atoms with van der Waals surface area (Å²) in [6.45, 7) is 5.35. The van der Waals surface area contributed by atoms with Crippen molar-refractivity contribution in [2.75, 3.05) is 55.5 Å². The van der Waals surface area contributed by atoms with E-state index < -0.39 is 6.03 Å². The molecule has 2 aromatic rings. The zero-order valence-corrected chi connectivity index (χ0v) is 18.8. The maximum Gasteiger partial charge on any atom is 0.323 e. The van der Waals surface area contributed by atoms with E-state index in [2.05, 4.69) is 20.9 Å². The normalized spacial score (nSPS) is 13.0. The van der Waals surface area contributed by atoms with Gasteiger partial charge in [-0.15, -0.1) is 0 Å². The van der Waals surface area contributed by atoms with Crippen LogP contribution in [0.4, 0.5) is 21.9 Å². The summed E-state index contributed by atoms with van der Waals surface area (Å²) in [4.78, 5) is 27.7. The summed E-state index contributed by atoms with van der Waals surface area (Å²) in [5.41, 5.74) is 2.56. The van der Waals surface area contributed by atoms with Crippen molar-refractivity contribution in [1.29, 1.82) is 0 Å². The van der Waals surface area contributed by atoms with Crippen molar-refractivity contribution >= 4 is 29.0 Å². The van der Waals surface area contributed by atoms with E-state index in [1.165, 1.54) is 0 Å². The Bertz CT molecular complexity index is 913. The molecule has 1 heterocycles. The van der Waals surface area contributed by atoms with Gasteiger partial charge in [-0.2, -0.15) is 0 Å². The van der Waals surface area contributed by atoms with Crippen LogP contribution in [-0.4, -0.2) is 51.9 Å². The van der Waals surface area contributed by atoms with Crippen LogP contribution in [0.1, 0.15) is 36.5 Å². The molecule has 0 radical (unpaired) electrons. The Kier molecular flexibility index (Phi) is 8.74. The Morgan fingerprint density at radius 3 is 2.59 bits per heavy atom. The van der Waals surface area contributed by atoms with Crippen molar-refractivity contribution < 1.29 is 19.1 Å². The first-order chi connectivity index (χ1) is 15.6. The first kappa shape index (κ1) is 23.4. The van der Waals surface area contributed by atoms with E-state index in [4.69, 9.17) is 9.47 Å². The number of urea groups is 1. The van der Waals surface area contributed by atoms with Crippen molar-refractivity contribution in [2.45, 2.75) is 26.2 Å². The highest BCUT2D eigenvalue weighted by Crippen LogP contribution is 2.28. The second-order valence-corrected chi connectivity index (χ2v) is 7.54. The highest BCUT2D eigenvalue weighted by atomic mass is 16.5. The van der Waals surface area contributed by atoms with Crippen molar-refractivity contribution in [3.05, 3.63) is 48.0 Å². The van der Waals surface area contributed by atoms with E-state index >= 15 is 0 Å². The van der Waals surface area contributed by atoms with E-state index in [0.717, 1.165) is 38.0 Å². The second kappa shape index (κ2) is 12.0. The molecule has 1 saturated heterocycles. The predicted molar refractivity (Wildman–Crippen MR) is 127 cm³/mol. The number of carbonyl (C=O) groups is 2. The molecule has 0 aliphatic carbocycles. The van der Waals surface area contributed by atoms with Crippen molar-refractivity contribution in [3.8, 4) is 5.75 Å². The monoisotopic (exact) mass is 440 g/mol. The molecule has 0 atom stereocenters. The molecule has 0 saturated carbocycles. The van der Waals surface area contributed by atoms with E-state index in [9.17, 15) is 9.59 Å². The molecule has 3 amide bonds. The second-order valence-electron chi connectivity index (χ2n) is 7.54. The summed E-state index contributed by atoms with van der Waals surface area (Å²) in [5.74, 6) is 0.444. The van der Waals surface area contributed by atoms with Crippen LogP contribution in [0.2, 0.25) is 0 Å². The number of hydrogen-bond acceptors (Lipinski definition) is 5. The molecule has 172 valence electrons. The van der Waals surface area contributed by atoms with Crippen molar-refractivity contribution in [1.82, 2.24) is 5.32 Å². The van der Waals surface area contributed by atoms with Crippen LogP contribution in [0.5, 0.6) is 5.75 Å². The lowest BCUT2D eigenvalue weighted by Gasteiger charge is -2.22. The van der Waals surface area contributed by atoms with Gasteiger partial charge in [-0.3, -0.25) is 4.79 Å². The molecule has 3 rings (SSSR count). The quantitative estimate of drug-likeness (QED) is 0.484. The first-order valence-corrected chi connectivity index (χ1v) is 11.1. The number of benzene rings is 2. The van der Waals surface area contributed by atoms with Gasteiger partial charge in [0.2, 0.25) is 0 Å². The maximum atomic E-state index is 12.9. The minimum Gasteiger partial charge on any atom is -0.492 e. The first-order valence-electron chi connectivity index (χ1n) is 11.1. The number of amides is 3. The molecular weight excluding hydrogens is 408 g/mol. The number of carbonyl (C=O) groups excluding carboxylic acids is 2. The van der Waals surface area contributed by atoms with Crippen LogP contribution in [0.15, 0.2) is 42.5 Å². The number of anilines is 3. The summed E-state index contributed by atoms with van der Waals surface area (Å²) >= 11 is 0. The Morgan fingerprint density at radius 1 is 1.06 bits per heavy atom. The van der Waals surface area contributed by atoms with Gasteiger partial charge in [0.05, 0.1) is 17.9 Å². The van der Waals surface area contributed by atoms with Gasteiger partial charge in [-0.25, -0.2) is 4.79 Å². The van der Waals surface area contributed by atoms with Gasteiger partial charge in [0.25, 0.3) is 5.91 Å². The molecule has 8 heteroatoms. The molecule has 0 aromatic heterocycles. The fourth-order valence-corrected chi connectivity index (χ4v) is 3.68. The zero-order valence-electron chi connectivity index (χ0n) is 18.8. The fourth-order valence-electron chi connectivity index (χ4n) is 3.68. The van der Waals surface area contributed by atoms with E-state index in [1.54, 1.807) is 25.3 Å². The van der Waals surface area contributed by atoms with Crippen molar-refractivity contribution in [2.24, 2.45) is 0 Å². The maximum absolute atomic E-state index is 12.9. The Hall–Kier alpha value is -3.26. The van der Waals surface area contributed by atoms with Crippen LogP contribution < -0.4 is 25.6 Å². The van der Waals surface area contributed by atoms with Gasteiger partial charge in [0.1, 0.15) is 5.75 Å². The Morgan fingerprint density at radius 2 is 1.84 bits per heavy atom. The number of para-hydroxylation sites is 2. The van der Waals surface area contributed by atoms with Gasteiger partial charge in [-0.05, 0) is 56.5 Å². The molecule has 0 unspecified atom stereocenters. The topological polar surface area (TPSA) is 91.9 Å². The van der Waals surface area contributed by atoms with Crippen LogP contribution in [0, 0.1) is 0 Å². The van der Waals surface area contributed by atoms with Gasteiger partial charge in [-0.1, -0.05) is 12.1 Å². The SMILES string of the molecule is CCOc1ccccc1NC(=O)Nc1ccc(N2CCCC2)c(C(=O)NCCCOC)c1. The van der Waals surface area contributed by atoms with E-state index in [-0.39, 0.29) is 5.91 Å². The number of nitrogens with one attached hydrogen (secondary N) is 3. The lowest BCUT2D eigenvalue weighted by atomic mass is 10.1. The summed E-state index contributed by atoms with van der Waals surface area (Å²) in [6, 6.07) is 12.3. The number of nitrogens with zero attached hydrogens (tertiary/aromatic N) is 1. The predicted octanol–water partition coefficient (Wildman–Crippen LogP) is 4.10. The van der Waals surface area contributed by atoms with Gasteiger partial charge >= 0.3 is 6.03 Å². The standard InChI is InChI=1S/C24H32N4O4/c1-3-32-22-10-5-4-9-20(22)27-24(30)26-18-11-12-21(28-14-6-7-15-28)19(17-18)23(29)25-13-8-16-31-2/h4-5,9-12,17H,3,6-8,13-16H2,1-2H3,(H,25,29)(H2,26,27,30). The average Bonchev–Trinajstić information content (AvgIpc) is 3.33. The highest BCUT2D eigenvalue weighted by Gasteiger charge is 2.20. The molecule has 1 fully saturated rings. The van der Waals surface area contributed by atoms with Crippen LogP contribution >= 0.6 is 0 Å². The molecule has 3 N–H and O–H groups in total. The number of hydrogen-bond donors (Lipinski definition) is 3. The van der Waals surface area contributed by atoms with E-state index in [1.807, 2.05) is 31.2 Å². The van der Waals surface area contributed by atoms with Crippen LogP contribution in [0.25, 0.3) is 0 Å².